The van der Waals surface area contributed by atoms with Crippen molar-refractivity contribution in [2.75, 3.05) is 13.2 Å². The molecule has 0 aromatic heterocycles. The summed E-state index contributed by atoms with van der Waals surface area (Å²) in [5, 5.41) is 0.419. The maximum atomic E-state index is 12.9. The molecule has 3 rings (SSSR count). The van der Waals surface area contributed by atoms with Gasteiger partial charge in [-0.3, -0.25) is 9.59 Å². The molecule has 1 atom stereocenters. The summed E-state index contributed by atoms with van der Waals surface area (Å²) in [7, 11) is -3.86. The highest BCUT2D eigenvalue weighted by atomic mass is 79.9. The zero-order chi connectivity index (χ0) is 20.3. The first-order valence-electron chi connectivity index (χ1n) is 8.52. The molecule has 1 aliphatic heterocycles. The number of rotatable bonds is 6. The quantitative estimate of drug-likeness (QED) is 0.460. The lowest BCUT2D eigenvalue weighted by Crippen LogP contribution is -2.41. The molecule has 0 aliphatic carbocycles. The summed E-state index contributed by atoms with van der Waals surface area (Å²) < 4.78 is 32.8. The zero-order valence-corrected chi connectivity index (χ0v) is 17.8. The molecule has 0 radical (unpaired) electrons. The first-order valence-corrected chi connectivity index (χ1v) is 11.1. The van der Waals surface area contributed by atoms with Crippen molar-refractivity contribution in [2.45, 2.75) is 23.8 Å². The molecule has 0 N–H and O–H groups in total. The van der Waals surface area contributed by atoms with Gasteiger partial charge in [-0.25, -0.2) is 8.42 Å². The lowest BCUT2D eigenvalue weighted by atomic mass is 10.1. The van der Waals surface area contributed by atoms with Crippen LogP contribution in [0.4, 0.5) is 0 Å². The van der Waals surface area contributed by atoms with E-state index in [0.717, 1.165) is 8.78 Å². The van der Waals surface area contributed by atoms with E-state index >= 15 is 0 Å². The predicted molar refractivity (Wildman–Crippen MR) is 108 cm³/mol. The Hall–Kier alpha value is -1.74. The van der Waals surface area contributed by atoms with E-state index in [4.69, 9.17) is 16.3 Å². The van der Waals surface area contributed by atoms with Crippen LogP contribution < -0.4 is 0 Å². The minimum Gasteiger partial charge on any atom is -0.456 e. The number of carbonyl (C=O) groups is 2. The van der Waals surface area contributed by atoms with Crippen LogP contribution in [0.3, 0.4) is 0 Å². The molecule has 0 bridgehead atoms. The summed E-state index contributed by atoms with van der Waals surface area (Å²) in [4.78, 5) is 24.7. The third kappa shape index (κ3) is 4.63. The van der Waals surface area contributed by atoms with Gasteiger partial charge < -0.3 is 4.74 Å². The van der Waals surface area contributed by atoms with Gasteiger partial charge in [0.05, 0.1) is 4.90 Å². The van der Waals surface area contributed by atoms with Crippen LogP contribution in [0, 0.1) is 0 Å². The number of esters is 1. The lowest BCUT2D eigenvalue weighted by molar-refractivity contribution is -0.146. The zero-order valence-electron chi connectivity index (χ0n) is 14.7. The van der Waals surface area contributed by atoms with Crippen molar-refractivity contribution < 1.29 is 22.7 Å². The maximum Gasteiger partial charge on any atom is 0.324 e. The van der Waals surface area contributed by atoms with Gasteiger partial charge in [0.15, 0.2) is 12.4 Å². The number of benzene rings is 2. The molecule has 148 valence electrons. The Morgan fingerprint density at radius 3 is 2.39 bits per heavy atom. The van der Waals surface area contributed by atoms with E-state index in [-0.39, 0.29) is 17.2 Å². The van der Waals surface area contributed by atoms with Crippen molar-refractivity contribution in [3.05, 3.63) is 63.6 Å². The number of carbonyl (C=O) groups excluding carboxylic acids is 2. The highest BCUT2D eigenvalue weighted by molar-refractivity contribution is 9.10. The molecule has 0 unspecified atom stereocenters. The van der Waals surface area contributed by atoms with Crippen LogP contribution in [0.1, 0.15) is 23.2 Å². The number of hydrogen-bond acceptors (Lipinski definition) is 5. The Labute approximate surface area is 176 Å². The van der Waals surface area contributed by atoms with Crippen LogP contribution in [-0.2, 0) is 19.6 Å². The highest BCUT2D eigenvalue weighted by Gasteiger charge is 2.40. The summed E-state index contributed by atoms with van der Waals surface area (Å²) in [6.07, 6.45) is 0.880. The van der Waals surface area contributed by atoms with E-state index in [9.17, 15) is 18.0 Å². The van der Waals surface area contributed by atoms with Gasteiger partial charge in [0.2, 0.25) is 10.0 Å². The van der Waals surface area contributed by atoms with Crippen molar-refractivity contribution in [1.29, 1.82) is 0 Å². The van der Waals surface area contributed by atoms with Gasteiger partial charge in [-0.05, 0) is 49.2 Å². The third-order valence-electron chi connectivity index (χ3n) is 4.41. The normalized spacial score (nSPS) is 17.4. The Balaban J connectivity index is 1.68. The van der Waals surface area contributed by atoms with E-state index in [2.05, 4.69) is 15.9 Å². The van der Waals surface area contributed by atoms with Gasteiger partial charge >= 0.3 is 5.97 Å². The molecule has 1 fully saturated rings. The van der Waals surface area contributed by atoms with Gasteiger partial charge in [-0.1, -0.05) is 39.7 Å². The third-order valence-corrected chi connectivity index (χ3v) is 7.11. The van der Waals surface area contributed by atoms with E-state index in [1.54, 1.807) is 24.3 Å². The van der Waals surface area contributed by atoms with Crippen molar-refractivity contribution in [3.63, 3.8) is 0 Å². The molecule has 2 aromatic carbocycles. The van der Waals surface area contributed by atoms with Gasteiger partial charge in [-0.2, -0.15) is 4.31 Å². The molecule has 9 heteroatoms. The fourth-order valence-corrected chi connectivity index (χ4v) is 4.99. The number of ketones is 1. The molecule has 0 amide bonds. The van der Waals surface area contributed by atoms with Crippen LogP contribution in [-0.4, -0.2) is 43.7 Å². The molecule has 6 nitrogen and oxygen atoms in total. The van der Waals surface area contributed by atoms with Gasteiger partial charge in [0.25, 0.3) is 0 Å². The summed E-state index contributed by atoms with van der Waals surface area (Å²) in [6.45, 7) is -0.225. The van der Waals surface area contributed by atoms with E-state index in [0.29, 0.717) is 23.4 Å². The maximum absolute atomic E-state index is 12.9. The molecule has 1 heterocycles. The van der Waals surface area contributed by atoms with E-state index in [1.165, 1.54) is 24.3 Å². The van der Waals surface area contributed by atoms with Gasteiger partial charge in [0.1, 0.15) is 6.04 Å². The lowest BCUT2D eigenvalue weighted by Gasteiger charge is -2.22. The summed E-state index contributed by atoms with van der Waals surface area (Å²) >= 11 is 9.10. The molecular weight excluding hydrogens is 470 g/mol. The molecule has 0 saturated carbocycles. The molecule has 1 saturated heterocycles. The number of hydrogen-bond donors (Lipinski definition) is 0. The first kappa shape index (κ1) is 21.0. The predicted octanol–water partition coefficient (Wildman–Crippen LogP) is 3.68. The topological polar surface area (TPSA) is 80.8 Å². The van der Waals surface area contributed by atoms with Gasteiger partial charge in [-0.15, -0.1) is 0 Å². The summed E-state index contributed by atoms with van der Waals surface area (Å²) in [6, 6.07) is 11.5. The van der Waals surface area contributed by atoms with Crippen molar-refractivity contribution in [2.24, 2.45) is 0 Å². The number of sulfonamides is 1. The van der Waals surface area contributed by atoms with E-state index in [1.807, 2.05) is 0 Å². The number of halogens is 2. The van der Waals surface area contributed by atoms with E-state index < -0.39 is 28.6 Å². The number of ether oxygens (including phenoxy) is 1. The average Bonchev–Trinajstić information content (AvgIpc) is 3.17. The number of Topliss-reactive ketones (excluding diaryl/α,β-unsaturated/α-hetero) is 1. The number of nitrogens with zero attached hydrogens (tertiary/aromatic N) is 1. The van der Waals surface area contributed by atoms with Gasteiger partial charge in [0, 0.05) is 21.6 Å². The molecule has 2 aromatic rings. The second-order valence-electron chi connectivity index (χ2n) is 6.27. The fraction of sp³-hybridized carbons (Fsp3) is 0.263. The molecule has 28 heavy (non-hydrogen) atoms. The van der Waals surface area contributed by atoms with Crippen LogP contribution in [0.25, 0.3) is 0 Å². The smallest absolute Gasteiger partial charge is 0.324 e. The van der Waals surface area contributed by atoms with Crippen LogP contribution >= 0.6 is 27.5 Å². The first-order chi connectivity index (χ1) is 13.3. The van der Waals surface area contributed by atoms with Crippen molar-refractivity contribution >= 4 is 49.3 Å². The van der Waals surface area contributed by atoms with Crippen LogP contribution in [0.15, 0.2) is 57.9 Å². The Morgan fingerprint density at radius 1 is 1.11 bits per heavy atom. The van der Waals surface area contributed by atoms with Crippen molar-refractivity contribution in [1.82, 2.24) is 4.31 Å². The molecular formula is C19H17BrClNO5S. The van der Waals surface area contributed by atoms with Crippen LogP contribution in [0.5, 0.6) is 0 Å². The Bertz CT molecular complexity index is 976. The Kier molecular flexibility index (Phi) is 6.54. The monoisotopic (exact) mass is 485 g/mol. The highest BCUT2D eigenvalue weighted by Crippen LogP contribution is 2.27. The second kappa shape index (κ2) is 8.73. The molecule has 0 spiro atoms. The fourth-order valence-electron chi connectivity index (χ4n) is 2.96. The minimum atomic E-state index is -3.86. The molecule has 1 aliphatic rings. The van der Waals surface area contributed by atoms with Crippen LogP contribution in [0.2, 0.25) is 5.02 Å². The Morgan fingerprint density at radius 2 is 1.75 bits per heavy atom. The minimum absolute atomic E-state index is 0.0579. The second-order valence-corrected chi connectivity index (χ2v) is 9.51. The van der Waals surface area contributed by atoms with Crippen molar-refractivity contribution in [3.8, 4) is 0 Å². The average molecular weight is 487 g/mol. The largest absolute Gasteiger partial charge is 0.456 e. The summed E-state index contributed by atoms with van der Waals surface area (Å²) in [5.41, 5.74) is 0.410. The summed E-state index contributed by atoms with van der Waals surface area (Å²) in [5.74, 6) is -1.08. The SMILES string of the molecule is O=C(COC(=O)[C@@H]1CCCN1S(=O)(=O)c1ccc(Cl)cc1)c1ccc(Br)cc1. The standard InChI is InChI=1S/C19H17BrClNO5S/c20-14-5-3-13(4-6-14)18(23)12-27-19(24)17-2-1-11-22(17)28(25,26)16-9-7-15(21)8-10-16/h3-10,17H,1-2,11-12H2/t17-/m0/s1.